The lowest BCUT2D eigenvalue weighted by Gasteiger charge is -2.30. The van der Waals surface area contributed by atoms with Gasteiger partial charge >= 0.3 is 0 Å². The van der Waals surface area contributed by atoms with E-state index in [1.165, 1.54) is 37.8 Å². The predicted octanol–water partition coefficient (Wildman–Crippen LogP) is 3.08. The molecule has 0 aliphatic heterocycles. The highest BCUT2D eigenvalue weighted by molar-refractivity contribution is 5.10. The van der Waals surface area contributed by atoms with Gasteiger partial charge in [0.25, 0.3) is 0 Å². The summed E-state index contributed by atoms with van der Waals surface area (Å²) in [4.78, 5) is 0. The van der Waals surface area contributed by atoms with Crippen molar-refractivity contribution in [2.75, 3.05) is 6.54 Å². The molecule has 0 amide bonds. The van der Waals surface area contributed by atoms with Crippen LogP contribution in [0, 0.1) is 5.41 Å². The second-order valence-corrected chi connectivity index (χ2v) is 3.85. The molecule has 0 heterocycles. The van der Waals surface area contributed by atoms with Crippen molar-refractivity contribution in [1.82, 2.24) is 5.32 Å². The summed E-state index contributed by atoms with van der Waals surface area (Å²) in [7, 11) is 0. The van der Waals surface area contributed by atoms with Gasteiger partial charge in [-0.25, -0.2) is 0 Å². The maximum absolute atomic E-state index is 4.16. The van der Waals surface area contributed by atoms with Gasteiger partial charge in [-0.15, -0.1) is 0 Å². The molecule has 1 N–H and O–H groups in total. The Morgan fingerprint density at radius 3 is 2.33 bits per heavy atom. The van der Waals surface area contributed by atoms with E-state index in [9.17, 15) is 0 Å². The van der Waals surface area contributed by atoms with Gasteiger partial charge in [-0.2, -0.15) is 0 Å². The summed E-state index contributed by atoms with van der Waals surface area (Å²) in [6.45, 7) is 9.60. The second kappa shape index (κ2) is 3.97. The lowest BCUT2D eigenvalue weighted by Crippen LogP contribution is -2.28. The van der Waals surface area contributed by atoms with E-state index in [1.54, 1.807) is 0 Å². The van der Waals surface area contributed by atoms with Gasteiger partial charge in [0.05, 0.1) is 0 Å². The molecule has 1 rings (SSSR count). The maximum Gasteiger partial charge on any atom is 0.0115 e. The molecule has 1 aliphatic carbocycles. The zero-order valence-corrected chi connectivity index (χ0v) is 8.45. The third kappa shape index (κ3) is 1.65. The van der Waals surface area contributed by atoms with Gasteiger partial charge in [0, 0.05) is 17.7 Å². The van der Waals surface area contributed by atoms with Crippen LogP contribution >= 0.6 is 0 Å². The SMILES string of the molecule is C=C(NCC)C1(CC)CCCC1. The minimum atomic E-state index is 0.440. The molecule has 1 saturated carbocycles. The molecule has 0 radical (unpaired) electrons. The molecule has 1 fully saturated rings. The molecule has 1 aliphatic rings. The average Bonchev–Trinajstić information content (AvgIpc) is 2.54. The Balaban J connectivity index is 2.59. The first-order valence-electron chi connectivity index (χ1n) is 5.18. The summed E-state index contributed by atoms with van der Waals surface area (Å²) in [6.07, 6.45) is 6.71. The van der Waals surface area contributed by atoms with Gasteiger partial charge in [0.15, 0.2) is 0 Å². The minimum Gasteiger partial charge on any atom is -0.389 e. The molecule has 1 heteroatoms. The van der Waals surface area contributed by atoms with Crippen LogP contribution in [0.3, 0.4) is 0 Å². The van der Waals surface area contributed by atoms with E-state index in [1.807, 2.05) is 0 Å². The van der Waals surface area contributed by atoms with Crippen LogP contribution in [0.1, 0.15) is 46.0 Å². The fraction of sp³-hybridized carbons (Fsp3) is 0.818. The van der Waals surface area contributed by atoms with E-state index in [2.05, 4.69) is 25.7 Å². The molecular formula is C11H21N. The van der Waals surface area contributed by atoms with Crippen molar-refractivity contribution in [3.05, 3.63) is 12.3 Å². The molecule has 0 spiro atoms. The summed E-state index contributed by atoms with van der Waals surface area (Å²) in [5, 5.41) is 3.38. The standard InChI is InChI=1S/C11H21N/c1-4-11(8-6-7-9-11)10(3)12-5-2/h12H,3-9H2,1-2H3. The monoisotopic (exact) mass is 167 g/mol. The summed E-state index contributed by atoms with van der Waals surface area (Å²) in [6, 6.07) is 0. The number of nitrogens with one attached hydrogen (secondary N) is 1. The summed E-state index contributed by atoms with van der Waals surface area (Å²) >= 11 is 0. The minimum absolute atomic E-state index is 0.440. The molecule has 1 nitrogen and oxygen atoms in total. The Hall–Kier alpha value is -0.460. The highest BCUT2D eigenvalue weighted by atomic mass is 14.9. The normalized spacial score (nSPS) is 20.8. The molecule has 12 heavy (non-hydrogen) atoms. The van der Waals surface area contributed by atoms with Crippen molar-refractivity contribution in [2.45, 2.75) is 46.0 Å². The smallest absolute Gasteiger partial charge is 0.0115 e. The van der Waals surface area contributed by atoms with E-state index in [-0.39, 0.29) is 0 Å². The molecule has 0 aromatic carbocycles. The molecule has 0 aromatic heterocycles. The van der Waals surface area contributed by atoms with Crippen molar-refractivity contribution in [3.8, 4) is 0 Å². The lowest BCUT2D eigenvalue weighted by atomic mass is 9.80. The fourth-order valence-electron chi connectivity index (χ4n) is 2.32. The van der Waals surface area contributed by atoms with E-state index in [0.717, 1.165) is 6.54 Å². The van der Waals surface area contributed by atoms with Gasteiger partial charge in [0.2, 0.25) is 0 Å². The van der Waals surface area contributed by atoms with E-state index >= 15 is 0 Å². The van der Waals surface area contributed by atoms with Crippen molar-refractivity contribution >= 4 is 0 Å². The van der Waals surface area contributed by atoms with E-state index in [0.29, 0.717) is 5.41 Å². The molecule has 0 unspecified atom stereocenters. The van der Waals surface area contributed by atoms with Crippen LogP contribution in [0.2, 0.25) is 0 Å². The fourth-order valence-corrected chi connectivity index (χ4v) is 2.32. The van der Waals surface area contributed by atoms with Crippen LogP contribution in [0.15, 0.2) is 12.3 Å². The molecular weight excluding hydrogens is 146 g/mol. The topological polar surface area (TPSA) is 12.0 Å². The van der Waals surface area contributed by atoms with E-state index < -0.39 is 0 Å². The summed E-state index contributed by atoms with van der Waals surface area (Å²) < 4.78 is 0. The highest BCUT2D eigenvalue weighted by Crippen LogP contribution is 2.45. The van der Waals surface area contributed by atoms with Crippen LogP contribution in [0.4, 0.5) is 0 Å². The Kier molecular flexibility index (Phi) is 3.19. The average molecular weight is 167 g/mol. The van der Waals surface area contributed by atoms with Crippen LogP contribution in [-0.4, -0.2) is 6.54 Å². The van der Waals surface area contributed by atoms with Crippen LogP contribution < -0.4 is 5.32 Å². The molecule has 70 valence electrons. The highest BCUT2D eigenvalue weighted by Gasteiger charge is 2.34. The number of hydrogen-bond donors (Lipinski definition) is 1. The largest absolute Gasteiger partial charge is 0.389 e. The van der Waals surface area contributed by atoms with Crippen molar-refractivity contribution < 1.29 is 0 Å². The maximum atomic E-state index is 4.16. The first-order valence-corrected chi connectivity index (χ1v) is 5.18. The number of hydrogen-bond acceptors (Lipinski definition) is 1. The molecule has 0 atom stereocenters. The van der Waals surface area contributed by atoms with Gasteiger partial charge in [0.1, 0.15) is 0 Å². The van der Waals surface area contributed by atoms with Gasteiger partial charge < -0.3 is 5.32 Å². The Labute approximate surface area is 76.2 Å². The summed E-state index contributed by atoms with van der Waals surface area (Å²) in [5.74, 6) is 0. The van der Waals surface area contributed by atoms with Gasteiger partial charge in [-0.1, -0.05) is 26.3 Å². The van der Waals surface area contributed by atoms with Crippen molar-refractivity contribution in [2.24, 2.45) is 5.41 Å². The zero-order chi connectivity index (χ0) is 9.03. The predicted molar refractivity (Wildman–Crippen MR) is 54.0 cm³/mol. The first kappa shape index (κ1) is 9.63. The second-order valence-electron chi connectivity index (χ2n) is 3.85. The Morgan fingerprint density at radius 1 is 1.33 bits per heavy atom. The third-order valence-corrected chi connectivity index (χ3v) is 3.27. The van der Waals surface area contributed by atoms with Crippen LogP contribution in [0.5, 0.6) is 0 Å². The third-order valence-electron chi connectivity index (χ3n) is 3.27. The zero-order valence-electron chi connectivity index (χ0n) is 8.45. The molecule has 0 bridgehead atoms. The van der Waals surface area contributed by atoms with Crippen LogP contribution in [0.25, 0.3) is 0 Å². The number of allylic oxidation sites excluding steroid dienone is 1. The van der Waals surface area contributed by atoms with Crippen molar-refractivity contribution in [1.29, 1.82) is 0 Å². The van der Waals surface area contributed by atoms with E-state index in [4.69, 9.17) is 0 Å². The molecule has 0 aromatic rings. The van der Waals surface area contributed by atoms with Crippen molar-refractivity contribution in [3.63, 3.8) is 0 Å². The van der Waals surface area contributed by atoms with Crippen LogP contribution in [-0.2, 0) is 0 Å². The molecule has 0 saturated heterocycles. The summed E-state index contributed by atoms with van der Waals surface area (Å²) in [5.41, 5.74) is 1.72. The Morgan fingerprint density at radius 2 is 1.92 bits per heavy atom. The quantitative estimate of drug-likeness (QED) is 0.678. The Bertz CT molecular complexity index is 154. The van der Waals surface area contributed by atoms with Gasteiger partial charge in [-0.3, -0.25) is 0 Å². The lowest BCUT2D eigenvalue weighted by molar-refractivity contribution is 0.333. The van der Waals surface area contributed by atoms with Gasteiger partial charge in [-0.05, 0) is 26.2 Å². The number of rotatable bonds is 4. The first-order chi connectivity index (χ1) is 5.75.